The van der Waals surface area contributed by atoms with E-state index in [1.165, 1.54) is 5.06 Å². The maximum absolute atomic E-state index is 14.1. The van der Waals surface area contributed by atoms with E-state index < -0.39 is 29.1 Å². The zero-order chi connectivity index (χ0) is 35.6. The third-order valence-electron chi connectivity index (χ3n) is 9.35. The number of amides is 3. The third-order valence-corrected chi connectivity index (χ3v) is 9.35. The second-order valence-electron chi connectivity index (χ2n) is 15.2. The van der Waals surface area contributed by atoms with Crippen LogP contribution < -0.4 is 27.8 Å². The van der Waals surface area contributed by atoms with Gasteiger partial charge in [0.1, 0.15) is 12.1 Å². The summed E-state index contributed by atoms with van der Waals surface area (Å²) in [7, 11) is 0. The van der Waals surface area contributed by atoms with Crippen LogP contribution in [0.15, 0.2) is 47.5 Å². The van der Waals surface area contributed by atoms with Gasteiger partial charge in [0.2, 0.25) is 17.7 Å². The lowest BCUT2D eigenvalue weighted by atomic mass is 9.79. The first-order valence-corrected chi connectivity index (χ1v) is 17.4. The second-order valence-corrected chi connectivity index (χ2v) is 15.2. The highest BCUT2D eigenvalue weighted by molar-refractivity contribution is 5.93. The van der Waals surface area contributed by atoms with Crippen LogP contribution in [0, 0.1) is 11.8 Å². The summed E-state index contributed by atoms with van der Waals surface area (Å²) >= 11 is 0. The van der Waals surface area contributed by atoms with Crippen molar-refractivity contribution in [2.24, 2.45) is 34.0 Å². The molecule has 12 heteroatoms. The molecule has 4 atom stereocenters. The number of benzene rings is 1. The zero-order valence-corrected chi connectivity index (χ0v) is 29.8. The van der Waals surface area contributed by atoms with Gasteiger partial charge in [-0.05, 0) is 90.5 Å². The van der Waals surface area contributed by atoms with Crippen LogP contribution in [0.5, 0.6) is 0 Å². The van der Waals surface area contributed by atoms with Gasteiger partial charge >= 0.3 is 0 Å². The van der Waals surface area contributed by atoms with E-state index in [1.54, 1.807) is 4.90 Å². The molecule has 1 aromatic rings. The summed E-state index contributed by atoms with van der Waals surface area (Å²) in [6.07, 6.45) is 8.15. The Morgan fingerprint density at radius 3 is 2.31 bits per heavy atom. The molecule has 2 saturated heterocycles. The highest BCUT2D eigenvalue weighted by Gasteiger charge is 2.46. The highest BCUT2D eigenvalue weighted by atomic mass is 16.5. The molecule has 2 fully saturated rings. The van der Waals surface area contributed by atoms with Crippen molar-refractivity contribution in [3.05, 3.63) is 48.0 Å². The molecule has 3 rings (SSSR count). The lowest BCUT2D eigenvalue weighted by Gasteiger charge is -2.51. The highest BCUT2D eigenvalue weighted by Crippen LogP contribution is 2.36. The number of piperidine rings is 1. The van der Waals surface area contributed by atoms with Crippen molar-refractivity contribution in [2.75, 3.05) is 13.1 Å². The average molecular weight is 669 g/mol. The summed E-state index contributed by atoms with van der Waals surface area (Å²) in [5, 5.41) is 18.2. The van der Waals surface area contributed by atoms with Gasteiger partial charge in [-0.1, -0.05) is 56.3 Å². The smallest absolute Gasteiger partial charge is 0.243 e. The van der Waals surface area contributed by atoms with Gasteiger partial charge in [-0.2, -0.15) is 5.06 Å². The Labute approximate surface area is 286 Å². The number of guanidine groups is 1. The van der Waals surface area contributed by atoms with Crippen LogP contribution in [0.3, 0.4) is 0 Å². The summed E-state index contributed by atoms with van der Waals surface area (Å²) in [6, 6.07) is 7.90. The van der Waals surface area contributed by atoms with E-state index in [2.05, 4.69) is 29.5 Å². The number of carbonyl (C=O) groups excluding carboxylic acids is 3. The van der Waals surface area contributed by atoms with E-state index in [1.807, 2.05) is 70.2 Å². The monoisotopic (exact) mass is 668 g/mol. The summed E-state index contributed by atoms with van der Waals surface area (Å²) in [5.74, 6) is -0.891. The van der Waals surface area contributed by atoms with E-state index in [-0.39, 0.29) is 35.8 Å². The minimum Gasteiger partial charge on any atom is -0.370 e. The number of likely N-dealkylation sites (tertiary alicyclic amines) is 1. The maximum Gasteiger partial charge on any atom is 0.243 e. The third kappa shape index (κ3) is 11.3. The number of carbonyl (C=O) groups is 3. The normalized spacial score (nSPS) is 21.5. The molecule has 12 nitrogen and oxygen atoms in total. The molecule has 0 spiro atoms. The van der Waals surface area contributed by atoms with E-state index in [0.29, 0.717) is 64.0 Å². The molecule has 268 valence electrons. The number of hydrogen-bond acceptors (Lipinski definition) is 7. The van der Waals surface area contributed by atoms with Gasteiger partial charge in [0.25, 0.3) is 0 Å². The fourth-order valence-corrected chi connectivity index (χ4v) is 7.24. The zero-order valence-electron chi connectivity index (χ0n) is 29.8. The number of hydrogen-bond donors (Lipinski definition) is 6. The number of nitrogens with two attached hydrogens (primary N) is 3. The van der Waals surface area contributed by atoms with Gasteiger partial charge in [0, 0.05) is 36.3 Å². The molecule has 0 bridgehead atoms. The van der Waals surface area contributed by atoms with Crippen LogP contribution in [0.2, 0.25) is 0 Å². The predicted octanol–water partition coefficient (Wildman–Crippen LogP) is 2.83. The topological polar surface area (TPSA) is 192 Å². The first-order chi connectivity index (χ1) is 22.5. The van der Waals surface area contributed by atoms with Gasteiger partial charge in [-0.25, -0.2) is 0 Å². The fraction of sp³-hybridized carbons (Fsp3) is 0.667. The molecule has 48 heavy (non-hydrogen) atoms. The SMILES string of the molecule is CC(C)C[C@H](N)/C=C/[C@H](Cc1ccccc1)C(=O)N1CCC[C@H]1C(=O)NC(CCCN=C(N)N)C(=O)NC1CC(C)(C)N(O)C(C)(C)C1. The number of nitrogens with zero attached hydrogens (tertiary/aromatic N) is 3. The summed E-state index contributed by atoms with van der Waals surface area (Å²) < 4.78 is 0. The average Bonchev–Trinajstić information content (AvgIpc) is 3.49. The van der Waals surface area contributed by atoms with Crippen molar-refractivity contribution >= 4 is 23.7 Å². The standard InChI is InChI=1S/C36H60N8O4/c1-24(2)20-27(37)17-16-26(21-25-12-8-7-9-13-25)33(47)43-19-11-15-30(43)32(46)42-29(14-10-18-40-34(38)39)31(45)41-28-22-35(3,4)44(48)36(5,6)23-28/h7-9,12-13,16-17,24,26-30,48H,10-11,14-15,18-23,37H2,1-6H3,(H,41,45)(H,42,46)(H4,38,39,40)/b17-16+/t26-,27-,29?,30+/m1/s1. The van der Waals surface area contributed by atoms with Crippen LogP contribution in [0.25, 0.3) is 0 Å². The molecular formula is C36H60N8O4. The Bertz CT molecular complexity index is 1260. The predicted molar refractivity (Wildman–Crippen MR) is 190 cm³/mol. The van der Waals surface area contributed by atoms with Gasteiger partial charge in [0.15, 0.2) is 5.96 Å². The van der Waals surface area contributed by atoms with E-state index >= 15 is 0 Å². The largest absolute Gasteiger partial charge is 0.370 e. The molecule has 2 aliphatic heterocycles. The molecule has 0 radical (unpaired) electrons. The molecule has 1 aromatic carbocycles. The Morgan fingerprint density at radius 2 is 1.71 bits per heavy atom. The fourth-order valence-electron chi connectivity index (χ4n) is 7.24. The van der Waals surface area contributed by atoms with Crippen LogP contribution in [-0.2, 0) is 20.8 Å². The summed E-state index contributed by atoms with van der Waals surface area (Å²) in [6.45, 7) is 12.7. The van der Waals surface area contributed by atoms with Crippen LogP contribution >= 0.6 is 0 Å². The van der Waals surface area contributed by atoms with Crippen molar-refractivity contribution in [2.45, 2.75) is 128 Å². The van der Waals surface area contributed by atoms with Crippen molar-refractivity contribution in [3.63, 3.8) is 0 Å². The molecule has 3 amide bonds. The van der Waals surface area contributed by atoms with Gasteiger partial charge < -0.3 is 37.9 Å². The van der Waals surface area contributed by atoms with Gasteiger partial charge in [-0.3, -0.25) is 19.4 Å². The number of rotatable bonds is 15. The Hall–Kier alpha value is -3.48. The van der Waals surface area contributed by atoms with E-state index in [0.717, 1.165) is 12.0 Å². The minimum absolute atomic E-state index is 0.0374. The first kappa shape index (κ1) is 39.0. The molecule has 0 aliphatic carbocycles. The molecule has 0 aromatic heterocycles. The molecule has 0 saturated carbocycles. The Kier molecular flexibility index (Phi) is 14.0. The maximum atomic E-state index is 14.1. The lowest BCUT2D eigenvalue weighted by molar-refractivity contribution is -0.246. The minimum atomic E-state index is -0.850. The van der Waals surface area contributed by atoms with E-state index in [9.17, 15) is 19.6 Å². The number of aliphatic imine (C=N–C) groups is 1. The van der Waals surface area contributed by atoms with Crippen molar-refractivity contribution in [1.82, 2.24) is 20.6 Å². The summed E-state index contributed by atoms with van der Waals surface area (Å²) in [5.41, 5.74) is 17.3. The van der Waals surface area contributed by atoms with E-state index in [4.69, 9.17) is 17.2 Å². The molecule has 2 heterocycles. The van der Waals surface area contributed by atoms with Gasteiger partial charge in [-0.15, -0.1) is 0 Å². The molecule has 1 unspecified atom stereocenters. The summed E-state index contributed by atoms with van der Waals surface area (Å²) in [4.78, 5) is 47.5. The first-order valence-electron chi connectivity index (χ1n) is 17.4. The van der Waals surface area contributed by atoms with Crippen molar-refractivity contribution in [3.8, 4) is 0 Å². The molecule has 9 N–H and O–H groups in total. The van der Waals surface area contributed by atoms with Crippen LogP contribution in [0.1, 0.15) is 92.1 Å². The molecule has 2 aliphatic rings. The van der Waals surface area contributed by atoms with Crippen molar-refractivity contribution < 1.29 is 19.6 Å². The molecular weight excluding hydrogens is 608 g/mol. The Balaban J connectivity index is 1.78. The lowest BCUT2D eigenvalue weighted by Crippen LogP contribution is -2.64. The van der Waals surface area contributed by atoms with Crippen LogP contribution in [0.4, 0.5) is 0 Å². The second kappa shape index (κ2) is 17.3. The van der Waals surface area contributed by atoms with Crippen molar-refractivity contribution in [1.29, 1.82) is 0 Å². The van der Waals surface area contributed by atoms with Gasteiger partial charge in [0.05, 0.1) is 5.92 Å². The number of hydroxylamine groups is 2. The quantitative estimate of drug-likeness (QED) is 0.0711. The Morgan fingerprint density at radius 1 is 1.06 bits per heavy atom. The van der Waals surface area contributed by atoms with Crippen LogP contribution in [-0.4, -0.2) is 87.2 Å². The number of nitrogens with one attached hydrogen (secondary N) is 2.